The Hall–Kier alpha value is -2.92. The number of rotatable bonds is 7. The molecule has 24 heavy (non-hydrogen) atoms. The maximum atomic E-state index is 11.7. The standard InChI is InChI=1S/C19H20N4O/c20-19(24)18(17-8-2-1-3-9-17)21-13-15-6-4-7-16(12-15)14-23-11-5-10-22-23/h1-12,18,21H,13-14H2,(H2,20,24)/t18-/m1/s1. The monoisotopic (exact) mass is 320 g/mol. The Morgan fingerprint density at radius 3 is 2.58 bits per heavy atom. The molecule has 3 aromatic rings. The Morgan fingerprint density at radius 2 is 1.88 bits per heavy atom. The van der Waals surface area contributed by atoms with E-state index in [9.17, 15) is 4.79 Å². The van der Waals surface area contributed by atoms with Crippen molar-refractivity contribution in [3.63, 3.8) is 0 Å². The zero-order valence-corrected chi connectivity index (χ0v) is 13.3. The van der Waals surface area contributed by atoms with Crippen molar-refractivity contribution < 1.29 is 4.79 Å². The molecule has 0 aliphatic rings. The van der Waals surface area contributed by atoms with Gasteiger partial charge in [-0.1, -0.05) is 54.6 Å². The van der Waals surface area contributed by atoms with E-state index >= 15 is 0 Å². The molecule has 0 unspecified atom stereocenters. The molecule has 0 fully saturated rings. The molecule has 0 spiro atoms. The number of carbonyl (C=O) groups is 1. The molecular weight excluding hydrogens is 300 g/mol. The van der Waals surface area contributed by atoms with Crippen LogP contribution in [0.15, 0.2) is 73.1 Å². The van der Waals surface area contributed by atoms with Crippen molar-refractivity contribution in [1.82, 2.24) is 15.1 Å². The van der Waals surface area contributed by atoms with Crippen LogP contribution in [-0.4, -0.2) is 15.7 Å². The third kappa shape index (κ3) is 4.08. The van der Waals surface area contributed by atoms with Crippen molar-refractivity contribution in [3.8, 4) is 0 Å². The number of nitrogens with one attached hydrogen (secondary N) is 1. The van der Waals surface area contributed by atoms with Crippen molar-refractivity contribution in [3.05, 3.63) is 89.7 Å². The van der Waals surface area contributed by atoms with Gasteiger partial charge in [-0.3, -0.25) is 14.8 Å². The zero-order chi connectivity index (χ0) is 16.8. The molecule has 0 aliphatic heterocycles. The summed E-state index contributed by atoms with van der Waals surface area (Å²) in [6.07, 6.45) is 3.70. The highest BCUT2D eigenvalue weighted by molar-refractivity contribution is 5.81. The van der Waals surface area contributed by atoms with Gasteiger partial charge in [0.15, 0.2) is 0 Å². The Labute approximate surface area is 141 Å². The summed E-state index contributed by atoms with van der Waals surface area (Å²) >= 11 is 0. The summed E-state index contributed by atoms with van der Waals surface area (Å²) in [4.78, 5) is 11.7. The molecule has 0 bridgehead atoms. The van der Waals surface area contributed by atoms with Crippen LogP contribution in [-0.2, 0) is 17.9 Å². The lowest BCUT2D eigenvalue weighted by Gasteiger charge is -2.16. The van der Waals surface area contributed by atoms with E-state index in [4.69, 9.17) is 5.73 Å². The molecule has 0 saturated carbocycles. The maximum Gasteiger partial charge on any atom is 0.239 e. The van der Waals surface area contributed by atoms with Gasteiger partial charge in [-0.25, -0.2) is 0 Å². The highest BCUT2D eigenvalue weighted by Gasteiger charge is 2.16. The highest BCUT2D eigenvalue weighted by atomic mass is 16.1. The molecule has 5 nitrogen and oxygen atoms in total. The third-order valence-corrected chi connectivity index (χ3v) is 3.82. The van der Waals surface area contributed by atoms with Gasteiger partial charge >= 0.3 is 0 Å². The summed E-state index contributed by atoms with van der Waals surface area (Å²) in [6.45, 7) is 1.29. The average Bonchev–Trinajstić information content (AvgIpc) is 3.09. The molecule has 122 valence electrons. The fourth-order valence-corrected chi connectivity index (χ4v) is 2.67. The van der Waals surface area contributed by atoms with Gasteiger partial charge in [-0.05, 0) is 22.8 Å². The minimum Gasteiger partial charge on any atom is -0.368 e. The number of nitrogens with zero attached hydrogens (tertiary/aromatic N) is 2. The van der Waals surface area contributed by atoms with Gasteiger partial charge in [0.05, 0.1) is 6.54 Å². The summed E-state index contributed by atoms with van der Waals surface area (Å²) < 4.78 is 1.88. The first kappa shape index (κ1) is 16.0. The van der Waals surface area contributed by atoms with Gasteiger partial charge in [-0.15, -0.1) is 0 Å². The van der Waals surface area contributed by atoms with Crippen molar-refractivity contribution in [2.75, 3.05) is 0 Å². The molecule has 0 saturated heterocycles. The van der Waals surface area contributed by atoms with Gasteiger partial charge in [0.2, 0.25) is 5.91 Å². The van der Waals surface area contributed by atoms with Crippen LogP contribution in [0.1, 0.15) is 22.7 Å². The predicted octanol–water partition coefficient (Wildman–Crippen LogP) is 2.25. The molecule has 0 aliphatic carbocycles. The highest BCUT2D eigenvalue weighted by Crippen LogP contribution is 2.14. The van der Waals surface area contributed by atoms with Crippen LogP contribution < -0.4 is 11.1 Å². The first-order valence-corrected chi connectivity index (χ1v) is 7.85. The summed E-state index contributed by atoms with van der Waals surface area (Å²) in [7, 11) is 0. The lowest BCUT2D eigenvalue weighted by Crippen LogP contribution is -2.33. The van der Waals surface area contributed by atoms with E-state index in [2.05, 4.69) is 22.5 Å². The SMILES string of the molecule is NC(=O)[C@H](NCc1cccc(Cn2cccn2)c1)c1ccccc1. The summed E-state index contributed by atoms with van der Waals surface area (Å²) in [5.74, 6) is -0.381. The van der Waals surface area contributed by atoms with Crippen LogP contribution in [0.3, 0.4) is 0 Å². The second kappa shape index (κ2) is 7.57. The van der Waals surface area contributed by atoms with Crippen LogP contribution in [0, 0.1) is 0 Å². The Kier molecular flexibility index (Phi) is 5.03. The topological polar surface area (TPSA) is 72.9 Å². The minimum absolute atomic E-state index is 0.381. The van der Waals surface area contributed by atoms with E-state index < -0.39 is 6.04 Å². The average molecular weight is 320 g/mol. The zero-order valence-electron chi connectivity index (χ0n) is 13.3. The van der Waals surface area contributed by atoms with Crippen LogP contribution >= 0.6 is 0 Å². The largest absolute Gasteiger partial charge is 0.368 e. The van der Waals surface area contributed by atoms with Gasteiger partial charge in [0.25, 0.3) is 0 Å². The molecule has 1 atom stereocenters. The molecule has 1 heterocycles. The van der Waals surface area contributed by atoms with Crippen molar-refractivity contribution in [2.24, 2.45) is 5.73 Å². The van der Waals surface area contributed by atoms with E-state index in [1.165, 1.54) is 0 Å². The predicted molar refractivity (Wildman–Crippen MR) is 93.0 cm³/mol. The van der Waals surface area contributed by atoms with Crippen LogP contribution in [0.25, 0.3) is 0 Å². The van der Waals surface area contributed by atoms with Crippen LogP contribution in [0.2, 0.25) is 0 Å². The number of hydrogen-bond donors (Lipinski definition) is 2. The quantitative estimate of drug-likeness (QED) is 0.701. The number of carbonyl (C=O) groups excluding carboxylic acids is 1. The Bertz CT molecular complexity index is 784. The van der Waals surface area contributed by atoms with Gasteiger partial charge in [-0.2, -0.15) is 5.10 Å². The van der Waals surface area contributed by atoms with Gasteiger partial charge < -0.3 is 5.73 Å². The molecule has 2 aromatic carbocycles. The maximum absolute atomic E-state index is 11.7. The van der Waals surface area contributed by atoms with Gasteiger partial charge in [0, 0.05) is 18.9 Å². The fraction of sp³-hybridized carbons (Fsp3) is 0.158. The molecule has 3 rings (SSSR count). The Morgan fingerprint density at radius 1 is 1.08 bits per heavy atom. The second-order valence-corrected chi connectivity index (χ2v) is 5.65. The van der Waals surface area contributed by atoms with E-state index in [0.29, 0.717) is 6.54 Å². The van der Waals surface area contributed by atoms with Crippen LogP contribution in [0.4, 0.5) is 0 Å². The van der Waals surface area contributed by atoms with E-state index in [-0.39, 0.29) is 5.91 Å². The third-order valence-electron chi connectivity index (χ3n) is 3.82. The van der Waals surface area contributed by atoms with Crippen molar-refractivity contribution in [2.45, 2.75) is 19.1 Å². The summed E-state index contributed by atoms with van der Waals surface area (Å²) in [5, 5.41) is 7.46. The second-order valence-electron chi connectivity index (χ2n) is 5.65. The first-order valence-electron chi connectivity index (χ1n) is 7.85. The van der Waals surface area contributed by atoms with Gasteiger partial charge in [0.1, 0.15) is 6.04 Å². The van der Waals surface area contributed by atoms with Crippen molar-refractivity contribution in [1.29, 1.82) is 0 Å². The fourth-order valence-electron chi connectivity index (χ4n) is 2.67. The number of aromatic nitrogens is 2. The summed E-state index contributed by atoms with van der Waals surface area (Å²) in [6, 6.07) is 19.1. The number of hydrogen-bond acceptors (Lipinski definition) is 3. The van der Waals surface area contributed by atoms with Crippen LogP contribution in [0.5, 0.6) is 0 Å². The number of benzene rings is 2. The number of primary amides is 1. The van der Waals surface area contributed by atoms with E-state index in [1.54, 1.807) is 6.20 Å². The van der Waals surface area contributed by atoms with Crippen molar-refractivity contribution >= 4 is 5.91 Å². The molecule has 3 N–H and O–H groups in total. The van der Waals surface area contributed by atoms with E-state index in [0.717, 1.165) is 23.2 Å². The number of amides is 1. The van der Waals surface area contributed by atoms with E-state index in [1.807, 2.05) is 59.4 Å². The lowest BCUT2D eigenvalue weighted by molar-refractivity contribution is -0.120. The first-order chi connectivity index (χ1) is 11.7. The number of nitrogens with two attached hydrogens (primary N) is 1. The molecular formula is C19H20N4O. The minimum atomic E-state index is -0.499. The summed E-state index contributed by atoms with van der Waals surface area (Å²) in [5.41, 5.74) is 8.67. The molecule has 1 aromatic heterocycles. The Balaban J connectivity index is 1.68. The molecule has 1 amide bonds. The smallest absolute Gasteiger partial charge is 0.239 e. The normalized spacial score (nSPS) is 12.0. The lowest BCUT2D eigenvalue weighted by atomic mass is 10.1. The molecule has 5 heteroatoms. The molecule has 0 radical (unpaired) electrons.